The Labute approximate surface area is 43.0 Å². The lowest BCUT2D eigenvalue weighted by molar-refractivity contribution is 0.902. The van der Waals surface area contributed by atoms with E-state index in [2.05, 4.69) is 13.1 Å². The van der Waals surface area contributed by atoms with Gasteiger partial charge in [0.05, 0.1) is 0 Å². The molecule has 0 saturated heterocycles. The summed E-state index contributed by atoms with van der Waals surface area (Å²) in [6.45, 7) is 0. The Bertz CT molecular complexity index is 68.2. The van der Waals surface area contributed by atoms with Crippen molar-refractivity contribution in [2.45, 2.75) is 0 Å². The van der Waals surface area contributed by atoms with Crippen LogP contribution in [0, 0.1) is 0 Å². The molecule has 1 aromatic heterocycles. The van der Waals surface area contributed by atoms with Gasteiger partial charge in [-0.05, 0) is 12.1 Å². The van der Waals surface area contributed by atoms with E-state index in [-0.39, 0.29) is 0 Å². The smallest absolute Gasteiger partial charge is 0.350 e. The predicted molar refractivity (Wildman–Crippen MR) is 27.7 cm³/mol. The van der Waals surface area contributed by atoms with Crippen LogP contribution >= 0.6 is 0 Å². The van der Waals surface area contributed by atoms with E-state index in [1.807, 2.05) is 24.5 Å². The zero-order chi connectivity index (χ0) is 5.54. The van der Waals surface area contributed by atoms with Gasteiger partial charge in [-0.25, -0.2) is 0 Å². The van der Waals surface area contributed by atoms with Gasteiger partial charge in [0.15, 0.2) is 0 Å². The molecule has 1 nitrogen and oxygen atoms in total. The van der Waals surface area contributed by atoms with Gasteiger partial charge in [0.25, 0.3) is 0 Å². The van der Waals surface area contributed by atoms with Crippen molar-refractivity contribution in [2.24, 2.45) is 0 Å². The molecular formula is C4H5BFN. The van der Waals surface area contributed by atoms with E-state index in [0.29, 0.717) is 0 Å². The van der Waals surface area contributed by atoms with Gasteiger partial charge in [0, 0.05) is 12.4 Å². The maximum Gasteiger partial charge on any atom is 0.350 e. The minimum absolute atomic E-state index is 1.88. The SMILES string of the molecule is [B]F.c1cc[nH]c1. The van der Waals surface area contributed by atoms with E-state index >= 15 is 0 Å². The molecule has 3 heteroatoms. The normalized spacial score (nSPS) is 6.43. The van der Waals surface area contributed by atoms with Crippen LogP contribution in [-0.4, -0.2) is 13.1 Å². The van der Waals surface area contributed by atoms with Crippen molar-refractivity contribution >= 4 is 8.12 Å². The highest BCUT2D eigenvalue weighted by molar-refractivity contribution is 5.96. The van der Waals surface area contributed by atoms with Gasteiger partial charge in [-0.1, -0.05) is 0 Å². The topological polar surface area (TPSA) is 15.8 Å². The molecule has 36 valence electrons. The third kappa shape index (κ3) is 3.10. The van der Waals surface area contributed by atoms with E-state index in [4.69, 9.17) is 4.32 Å². The Morgan fingerprint density at radius 3 is 1.71 bits per heavy atom. The van der Waals surface area contributed by atoms with Crippen molar-refractivity contribution in [1.29, 1.82) is 0 Å². The first-order chi connectivity index (χ1) is 3.50. The van der Waals surface area contributed by atoms with Crippen LogP contribution < -0.4 is 0 Å². The fourth-order valence-electron chi connectivity index (χ4n) is 0.278. The van der Waals surface area contributed by atoms with Crippen molar-refractivity contribution in [3.63, 3.8) is 0 Å². The molecule has 1 aromatic rings. The molecule has 0 aliphatic heterocycles. The molecule has 1 N–H and O–H groups in total. The molecule has 2 radical (unpaired) electrons. The summed E-state index contributed by atoms with van der Waals surface area (Å²) in [6.07, 6.45) is 3.75. The molecule has 0 aromatic carbocycles. The van der Waals surface area contributed by atoms with Crippen LogP contribution in [0.3, 0.4) is 0 Å². The summed E-state index contributed by atoms with van der Waals surface area (Å²) in [6, 6.07) is 3.89. The highest BCUT2D eigenvalue weighted by Gasteiger charge is 1.55. The maximum absolute atomic E-state index is 9.00. The lowest BCUT2D eigenvalue weighted by atomic mass is 10.7. The van der Waals surface area contributed by atoms with Gasteiger partial charge in [0.2, 0.25) is 0 Å². The van der Waals surface area contributed by atoms with Crippen LogP contribution in [0.2, 0.25) is 0 Å². The van der Waals surface area contributed by atoms with Gasteiger partial charge in [0.1, 0.15) is 0 Å². The van der Waals surface area contributed by atoms with Crippen molar-refractivity contribution in [3.05, 3.63) is 24.5 Å². The van der Waals surface area contributed by atoms with Gasteiger partial charge in [-0.3, -0.25) is 0 Å². The molecule has 0 fully saturated rings. The molecular weight excluding hydrogens is 91.9 g/mol. The van der Waals surface area contributed by atoms with Crippen LogP contribution in [0.25, 0.3) is 0 Å². The molecule has 0 bridgehead atoms. The molecule has 7 heavy (non-hydrogen) atoms. The lowest BCUT2D eigenvalue weighted by Crippen LogP contribution is -1.38. The Balaban J connectivity index is 0.000000162. The summed E-state index contributed by atoms with van der Waals surface area (Å²) < 4.78 is 9.00. The number of hydrogen-bond acceptors (Lipinski definition) is 0. The van der Waals surface area contributed by atoms with Crippen molar-refractivity contribution in [1.82, 2.24) is 4.98 Å². The number of aromatic nitrogens is 1. The number of rotatable bonds is 0. The van der Waals surface area contributed by atoms with Gasteiger partial charge >= 0.3 is 8.12 Å². The van der Waals surface area contributed by atoms with Crippen LogP contribution in [0.4, 0.5) is 4.32 Å². The first kappa shape index (κ1) is 6.27. The van der Waals surface area contributed by atoms with E-state index in [1.165, 1.54) is 0 Å². The molecule has 1 rings (SSSR count). The van der Waals surface area contributed by atoms with Crippen LogP contribution in [0.15, 0.2) is 24.5 Å². The zero-order valence-corrected chi connectivity index (χ0v) is 3.76. The fraction of sp³-hybridized carbons (Fsp3) is 0. The molecule has 0 saturated carbocycles. The lowest BCUT2D eigenvalue weighted by Gasteiger charge is -1.49. The largest absolute Gasteiger partial charge is 0.368 e. The molecule has 0 aliphatic rings. The standard InChI is InChI=1S/C4H5N.BF/c1-2-4-5-3-1;1-2/h1-5H;. The number of H-pyrrole nitrogens is 1. The molecule has 1 heterocycles. The first-order valence-electron chi connectivity index (χ1n) is 1.80. The first-order valence-corrected chi connectivity index (χ1v) is 1.80. The second-order valence-corrected chi connectivity index (χ2v) is 0.885. The maximum atomic E-state index is 9.00. The minimum atomic E-state index is 1.88. The quantitative estimate of drug-likeness (QED) is 0.465. The Morgan fingerprint density at radius 1 is 1.14 bits per heavy atom. The molecule has 0 atom stereocenters. The summed E-state index contributed by atoms with van der Waals surface area (Å²) >= 11 is 0. The highest BCUT2D eigenvalue weighted by Crippen LogP contribution is 1.72. The Morgan fingerprint density at radius 2 is 1.57 bits per heavy atom. The zero-order valence-electron chi connectivity index (χ0n) is 3.76. The Kier molecular flexibility index (Phi) is 4.73. The van der Waals surface area contributed by atoms with Crippen molar-refractivity contribution < 1.29 is 4.32 Å². The molecule has 0 amide bonds. The molecule has 0 aliphatic carbocycles. The number of aromatic amines is 1. The highest BCUT2D eigenvalue weighted by atomic mass is 19.1. The van der Waals surface area contributed by atoms with Crippen LogP contribution in [0.5, 0.6) is 0 Å². The summed E-state index contributed by atoms with van der Waals surface area (Å²) in [5.41, 5.74) is 0. The van der Waals surface area contributed by atoms with E-state index < -0.39 is 0 Å². The third-order valence-corrected chi connectivity index (χ3v) is 0.496. The second kappa shape index (κ2) is 5.27. The van der Waals surface area contributed by atoms with Gasteiger partial charge in [-0.2, -0.15) is 0 Å². The van der Waals surface area contributed by atoms with Crippen molar-refractivity contribution in [2.75, 3.05) is 0 Å². The van der Waals surface area contributed by atoms with Gasteiger partial charge in [-0.15, -0.1) is 0 Å². The molecule has 0 unspecified atom stereocenters. The summed E-state index contributed by atoms with van der Waals surface area (Å²) in [5.74, 6) is 0. The van der Waals surface area contributed by atoms with Gasteiger partial charge < -0.3 is 9.30 Å². The minimum Gasteiger partial charge on any atom is -0.368 e. The fourth-order valence-corrected chi connectivity index (χ4v) is 0.278. The average Bonchev–Trinajstić information content (AvgIpc) is 2.23. The molecule has 0 spiro atoms. The number of nitrogens with one attached hydrogen (secondary N) is 1. The summed E-state index contributed by atoms with van der Waals surface area (Å²) in [4.78, 5) is 2.86. The van der Waals surface area contributed by atoms with Crippen LogP contribution in [0.1, 0.15) is 0 Å². The van der Waals surface area contributed by atoms with Crippen molar-refractivity contribution in [3.8, 4) is 0 Å². The average molecular weight is 96.9 g/mol. The van der Waals surface area contributed by atoms with E-state index in [9.17, 15) is 0 Å². The van der Waals surface area contributed by atoms with Crippen LogP contribution in [-0.2, 0) is 0 Å². The summed E-state index contributed by atoms with van der Waals surface area (Å²) in [5, 5.41) is 0. The Hall–Kier alpha value is -0.725. The van der Waals surface area contributed by atoms with E-state index in [0.717, 1.165) is 0 Å². The predicted octanol–water partition coefficient (Wildman–Crippen LogP) is 1.05. The number of hydrogen-bond donors (Lipinski definition) is 1. The second-order valence-electron chi connectivity index (χ2n) is 0.885. The summed E-state index contributed by atoms with van der Waals surface area (Å²) in [7, 11) is 3.00. The number of halogens is 1. The van der Waals surface area contributed by atoms with E-state index in [1.54, 1.807) is 0 Å². The third-order valence-electron chi connectivity index (χ3n) is 0.496. The monoisotopic (exact) mass is 97.0 g/mol.